The van der Waals surface area contributed by atoms with E-state index in [4.69, 9.17) is 0 Å². The molecule has 10 nitrogen and oxygen atoms in total. The van der Waals surface area contributed by atoms with Crippen LogP contribution in [0.4, 0.5) is 11.5 Å². The van der Waals surface area contributed by atoms with Gasteiger partial charge < -0.3 is 10.2 Å². The van der Waals surface area contributed by atoms with Crippen molar-refractivity contribution in [1.82, 2.24) is 19.1 Å². The summed E-state index contributed by atoms with van der Waals surface area (Å²) in [4.78, 5) is 32.1. The molecule has 38 heavy (non-hydrogen) atoms. The number of hydrogen-bond acceptors (Lipinski definition) is 6. The zero-order valence-corrected chi connectivity index (χ0v) is 22.7. The highest BCUT2D eigenvalue weighted by molar-refractivity contribution is 7.89. The number of hydrogen-bond donors (Lipinski definition) is 1. The summed E-state index contributed by atoms with van der Waals surface area (Å²) in [7, 11) is -3.92. The molecule has 1 N–H and O–H groups in total. The quantitative estimate of drug-likeness (QED) is 0.518. The van der Waals surface area contributed by atoms with Crippen molar-refractivity contribution in [2.45, 2.75) is 51.5 Å². The molecule has 0 saturated carbocycles. The van der Waals surface area contributed by atoms with E-state index in [0.717, 1.165) is 23.2 Å². The number of piperidine rings is 1. The van der Waals surface area contributed by atoms with Crippen LogP contribution < -0.4 is 10.2 Å². The Morgan fingerprint density at radius 3 is 2.68 bits per heavy atom. The van der Waals surface area contributed by atoms with Crippen molar-refractivity contribution < 1.29 is 18.0 Å². The van der Waals surface area contributed by atoms with E-state index in [1.165, 1.54) is 8.99 Å². The lowest BCUT2D eigenvalue weighted by Gasteiger charge is -2.31. The summed E-state index contributed by atoms with van der Waals surface area (Å²) in [6.07, 6.45) is 3.58. The predicted molar refractivity (Wildman–Crippen MR) is 143 cm³/mol. The van der Waals surface area contributed by atoms with Crippen molar-refractivity contribution in [3.63, 3.8) is 0 Å². The largest absolute Gasteiger partial charge is 0.310 e. The van der Waals surface area contributed by atoms with Gasteiger partial charge >= 0.3 is 0 Å². The van der Waals surface area contributed by atoms with Crippen molar-refractivity contribution in [1.29, 1.82) is 0 Å². The fourth-order valence-electron chi connectivity index (χ4n) is 5.36. The zero-order chi connectivity index (χ0) is 27.0. The molecular formula is C27H32N6O4S. The average Bonchev–Trinajstić information content (AvgIpc) is 3.44. The molecule has 1 saturated heterocycles. The number of benzene rings is 1. The summed E-state index contributed by atoms with van der Waals surface area (Å²) < 4.78 is 30.3. The van der Waals surface area contributed by atoms with Gasteiger partial charge in [0.2, 0.25) is 21.8 Å². The third-order valence-corrected chi connectivity index (χ3v) is 9.43. The molecule has 0 spiro atoms. The van der Waals surface area contributed by atoms with Crippen molar-refractivity contribution >= 4 is 33.3 Å². The second kappa shape index (κ2) is 10.3. The third-order valence-electron chi connectivity index (χ3n) is 7.31. The Morgan fingerprint density at radius 2 is 1.89 bits per heavy atom. The van der Waals surface area contributed by atoms with Crippen LogP contribution in [-0.2, 0) is 32.6 Å². The van der Waals surface area contributed by atoms with E-state index >= 15 is 0 Å². The molecule has 11 heteroatoms. The molecule has 0 bridgehead atoms. The van der Waals surface area contributed by atoms with Gasteiger partial charge in [0.15, 0.2) is 0 Å². The third kappa shape index (κ3) is 4.95. The van der Waals surface area contributed by atoms with Crippen LogP contribution in [-0.4, -0.2) is 58.9 Å². The SMILES string of the molecule is Cc1ccnc(NC(=O)C2CCCN(S(=O)(=O)c3c(C)nn(CC(=O)N4CCc5ccccc54)c3C)C2)c1. The number of para-hydroxylation sites is 1. The van der Waals surface area contributed by atoms with Gasteiger partial charge in [0.1, 0.15) is 17.3 Å². The first-order valence-electron chi connectivity index (χ1n) is 12.8. The van der Waals surface area contributed by atoms with E-state index < -0.39 is 15.9 Å². The summed E-state index contributed by atoms with van der Waals surface area (Å²) in [5.41, 5.74) is 3.75. The van der Waals surface area contributed by atoms with Gasteiger partial charge in [-0.05, 0) is 69.4 Å². The molecular weight excluding hydrogens is 504 g/mol. The predicted octanol–water partition coefficient (Wildman–Crippen LogP) is 2.83. The molecule has 3 aromatic rings. The number of aryl methyl sites for hydroxylation is 2. The van der Waals surface area contributed by atoms with Crippen LogP contribution in [0.25, 0.3) is 0 Å². The summed E-state index contributed by atoms with van der Waals surface area (Å²) in [6.45, 7) is 6.17. The standard InChI is InChI=1S/C27H32N6O4S/c1-18-10-12-28-24(15-18)29-27(35)22-8-6-13-31(16-22)38(36,37)26-19(2)30-33(20(26)3)17-25(34)32-14-11-21-7-4-5-9-23(21)32/h4-5,7,9-10,12,15,22H,6,8,11,13-14,16-17H2,1-3H3,(H,28,29,35). The molecule has 1 aromatic carbocycles. The Balaban J connectivity index is 1.32. The number of pyridine rings is 1. The van der Waals surface area contributed by atoms with Crippen molar-refractivity contribution in [3.8, 4) is 0 Å². The van der Waals surface area contributed by atoms with Crippen molar-refractivity contribution in [3.05, 3.63) is 65.1 Å². The summed E-state index contributed by atoms with van der Waals surface area (Å²) in [5, 5.41) is 7.25. The Labute approximate surface area is 222 Å². The monoisotopic (exact) mass is 536 g/mol. The van der Waals surface area contributed by atoms with Gasteiger partial charge in [0.25, 0.3) is 0 Å². The van der Waals surface area contributed by atoms with Crippen LogP contribution in [0.2, 0.25) is 0 Å². The second-order valence-electron chi connectivity index (χ2n) is 9.99. The molecule has 4 heterocycles. The summed E-state index contributed by atoms with van der Waals surface area (Å²) >= 11 is 0. The molecule has 1 unspecified atom stereocenters. The van der Waals surface area contributed by atoms with Gasteiger partial charge in [0, 0.05) is 31.5 Å². The maximum Gasteiger partial charge on any atom is 0.248 e. The van der Waals surface area contributed by atoms with E-state index in [0.29, 0.717) is 43.1 Å². The van der Waals surface area contributed by atoms with Crippen LogP contribution in [0, 0.1) is 26.7 Å². The Kier molecular flexibility index (Phi) is 7.06. The lowest BCUT2D eigenvalue weighted by Crippen LogP contribution is -2.44. The molecule has 1 atom stereocenters. The Bertz CT molecular complexity index is 1500. The Hall–Kier alpha value is -3.57. The normalized spacial score (nSPS) is 17.9. The van der Waals surface area contributed by atoms with Crippen LogP contribution in [0.3, 0.4) is 0 Å². The van der Waals surface area contributed by atoms with E-state index in [1.807, 2.05) is 37.3 Å². The molecule has 200 valence electrons. The van der Waals surface area contributed by atoms with E-state index in [1.54, 1.807) is 31.0 Å². The van der Waals surface area contributed by atoms with Gasteiger partial charge in [-0.1, -0.05) is 18.2 Å². The van der Waals surface area contributed by atoms with Gasteiger partial charge in [0.05, 0.1) is 17.3 Å². The van der Waals surface area contributed by atoms with Crippen molar-refractivity contribution in [2.24, 2.45) is 5.92 Å². The number of carbonyl (C=O) groups excluding carboxylic acids is 2. The number of rotatable bonds is 6. The van der Waals surface area contributed by atoms with Crippen LogP contribution in [0.5, 0.6) is 0 Å². The first-order valence-corrected chi connectivity index (χ1v) is 14.2. The average molecular weight is 537 g/mol. The zero-order valence-electron chi connectivity index (χ0n) is 21.8. The van der Waals surface area contributed by atoms with Crippen LogP contribution >= 0.6 is 0 Å². The minimum absolute atomic E-state index is 0.0505. The van der Waals surface area contributed by atoms with E-state index in [9.17, 15) is 18.0 Å². The molecule has 2 aromatic heterocycles. The fourth-order valence-corrected chi connectivity index (χ4v) is 7.25. The maximum atomic E-state index is 13.8. The molecule has 1 fully saturated rings. The van der Waals surface area contributed by atoms with Gasteiger partial charge in [-0.15, -0.1) is 0 Å². The van der Waals surface area contributed by atoms with Crippen LogP contribution in [0.15, 0.2) is 47.5 Å². The van der Waals surface area contributed by atoms with Crippen LogP contribution in [0.1, 0.15) is 35.4 Å². The highest BCUT2D eigenvalue weighted by atomic mass is 32.2. The minimum Gasteiger partial charge on any atom is -0.310 e. The second-order valence-corrected chi connectivity index (χ2v) is 11.9. The molecule has 5 rings (SSSR count). The first kappa shape index (κ1) is 26.1. The molecule has 0 aliphatic carbocycles. The number of anilines is 2. The topological polar surface area (TPSA) is 117 Å². The number of fused-ring (bicyclic) bond motifs is 1. The van der Waals surface area contributed by atoms with Crippen molar-refractivity contribution in [2.75, 3.05) is 29.9 Å². The lowest BCUT2D eigenvalue weighted by atomic mass is 9.99. The number of nitrogens with zero attached hydrogens (tertiary/aromatic N) is 5. The number of amides is 2. The highest BCUT2D eigenvalue weighted by Gasteiger charge is 2.37. The summed E-state index contributed by atoms with van der Waals surface area (Å²) in [6, 6.07) is 11.4. The first-order chi connectivity index (χ1) is 18.1. The van der Waals surface area contributed by atoms with Gasteiger partial charge in [-0.3, -0.25) is 14.3 Å². The number of aromatic nitrogens is 3. The number of sulfonamides is 1. The fraction of sp³-hybridized carbons (Fsp3) is 0.407. The molecule has 2 amide bonds. The smallest absolute Gasteiger partial charge is 0.248 e. The van der Waals surface area contributed by atoms with E-state index in [2.05, 4.69) is 15.4 Å². The summed E-state index contributed by atoms with van der Waals surface area (Å²) in [5.74, 6) is -0.422. The Morgan fingerprint density at radius 1 is 1.11 bits per heavy atom. The molecule has 2 aliphatic heterocycles. The minimum atomic E-state index is -3.92. The number of nitrogens with one attached hydrogen (secondary N) is 1. The number of carbonyl (C=O) groups is 2. The van der Waals surface area contributed by atoms with E-state index in [-0.39, 0.29) is 29.8 Å². The maximum absolute atomic E-state index is 13.8. The molecule has 0 radical (unpaired) electrons. The molecule has 2 aliphatic rings. The van der Waals surface area contributed by atoms with Gasteiger partial charge in [-0.2, -0.15) is 9.40 Å². The lowest BCUT2D eigenvalue weighted by molar-refractivity contribution is -0.121. The van der Waals surface area contributed by atoms with Gasteiger partial charge in [-0.25, -0.2) is 13.4 Å². The highest BCUT2D eigenvalue weighted by Crippen LogP contribution is 2.30.